The Kier molecular flexibility index (Phi) is 5.84. The molecular weight excluding hydrogens is 456 g/mol. The molecule has 3 fully saturated rings. The zero-order valence-corrected chi connectivity index (χ0v) is 20.0. The number of fused-ring (bicyclic) bond motifs is 1. The van der Waals surface area contributed by atoms with Gasteiger partial charge in [0.1, 0.15) is 11.6 Å². The molecule has 3 aliphatic heterocycles. The van der Waals surface area contributed by atoms with Crippen LogP contribution >= 0.6 is 0 Å². The van der Waals surface area contributed by atoms with E-state index in [0.29, 0.717) is 5.69 Å². The first-order valence-corrected chi connectivity index (χ1v) is 12.8. The Labute approximate surface area is 210 Å². The maximum Gasteiger partial charge on any atom is 0.246 e. The van der Waals surface area contributed by atoms with Crippen molar-refractivity contribution in [3.05, 3.63) is 72.6 Å². The van der Waals surface area contributed by atoms with E-state index in [1.807, 2.05) is 54.6 Å². The lowest BCUT2D eigenvalue weighted by Crippen LogP contribution is -2.56. The lowest BCUT2D eigenvalue weighted by atomic mass is 9.74. The van der Waals surface area contributed by atoms with Gasteiger partial charge in [-0.2, -0.15) is 0 Å². The van der Waals surface area contributed by atoms with E-state index in [4.69, 9.17) is 4.74 Å². The number of pyridine rings is 1. The number of rotatable bonds is 6. The van der Waals surface area contributed by atoms with Crippen LogP contribution in [0.2, 0.25) is 0 Å². The second-order valence-corrected chi connectivity index (χ2v) is 10.2. The van der Waals surface area contributed by atoms with Crippen LogP contribution in [0.3, 0.4) is 0 Å². The van der Waals surface area contributed by atoms with E-state index in [2.05, 4.69) is 15.6 Å². The van der Waals surface area contributed by atoms with E-state index in [0.717, 1.165) is 31.2 Å². The molecule has 8 nitrogen and oxygen atoms in total. The number of aromatic nitrogens is 1. The summed E-state index contributed by atoms with van der Waals surface area (Å²) in [6, 6.07) is 12.1. The summed E-state index contributed by atoms with van der Waals surface area (Å²) in [5.74, 6) is -2.20. The van der Waals surface area contributed by atoms with E-state index in [-0.39, 0.29) is 30.3 Å². The molecule has 2 aromatic rings. The Hall–Kier alpha value is -3.52. The van der Waals surface area contributed by atoms with Gasteiger partial charge in [0, 0.05) is 30.7 Å². The molecule has 3 amide bonds. The van der Waals surface area contributed by atoms with Crippen molar-refractivity contribution in [3.63, 3.8) is 0 Å². The molecule has 1 spiro atoms. The van der Waals surface area contributed by atoms with Crippen molar-refractivity contribution in [2.24, 2.45) is 11.8 Å². The standard InChI is InChI=1S/C28H30N4O4/c33-25(30-19-9-3-1-4-10-19)22-21-13-14-28(36-21)23(22)27(35)32(17-18-8-7-15-29-16-18)24(28)26(34)31-20-11-5-2-6-12-20/h1,3-4,7-10,13-16,20-24H,2,5-6,11-12,17H2,(H,30,33)(H,31,34)/t21-,22-,23+,24-,28-/m1/s1. The first-order valence-electron chi connectivity index (χ1n) is 12.8. The fraction of sp³-hybridized carbons (Fsp3) is 0.429. The number of ether oxygens (including phenoxy) is 1. The van der Waals surface area contributed by atoms with Crippen LogP contribution in [-0.4, -0.2) is 51.4 Å². The number of carbonyl (C=O) groups excluding carboxylic acids is 3. The average Bonchev–Trinajstić information content (AvgIpc) is 3.53. The SMILES string of the molecule is O=C(Nc1ccccc1)[C@H]1[C@H]2C(=O)N(Cc3cccnc3)[C@H](C(=O)NC3CCCCC3)[C@@]23C=C[C@H]1O3. The minimum absolute atomic E-state index is 0.0943. The topological polar surface area (TPSA) is 101 Å². The maximum absolute atomic E-state index is 14.0. The van der Waals surface area contributed by atoms with E-state index in [1.54, 1.807) is 17.3 Å². The van der Waals surface area contributed by atoms with Gasteiger partial charge in [0.2, 0.25) is 17.7 Å². The Balaban J connectivity index is 1.33. The average molecular weight is 487 g/mol. The number of nitrogens with zero attached hydrogens (tertiary/aromatic N) is 2. The molecule has 2 saturated heterocycles. The zero-order valence-electron chi connectivity index (χ0n) is 20.0. The molecule has 8 heteroatoms. The fourth-order valence-electron chi connectivity index (χ4n) is 6.40. The van der Waals surface area contributed by atoms with Crippen LogP contribution in [-0.2, 0) is 25.7 Å². The van der Waals surface area contributed by atoms with Gasteiger partial charge in [-0.1, -0.05) is 55.7 Å². The number of para-hydroxylation sites is 1. The Morgan fingerprint density at radius 2 is 1.86 bits per heavy atom. The second kappa shape index (κ2) is 9.17. The van der Waals surface area contributed by atoms with Crippen LogP contribution in [0.15, 0.2) is 67.0 Å². The first kappa shape index (κ1) is 22.9. The van der Waals surface area contributed by atoms with Crippen LogP contribution in [0.1, 0.15) is 37.7 Å². The normalized spacial score (nSPS) is 30.9. The molecule has 1 aromatic carbocycles. The van der Waals surface area contributed by atoms with Gasteiger partial charge < -0.3 is 20.3 Å². The van der Waals surface area contributed by atoms with Gasteiger partial charge in [0.05, 0.1) is 17.9 Å². The molecule has 2 bridgehead atoms. The predicted molar refractivity (Wildman–Crippen MR) is 132 cm³/mol. The molecular formula is C28H30N4O4. The summed E-state index contributed by atoms with van der Waals surface area (Å²) in [5, 5.41) is 6.15. The minimum atomic E-state index is -1.17. The highest BCUT2D eigenvalue weighted by atomic mass is 16.5. The monoisotopic (exact) mass is 486 g/mol. The van der Waals surface area contributed by atoms with Gasteiger partial charge in [0.15, 0.2) is 0 Å². The van der Waals surface area contributed by atoms with Crippen LogP contribution in [0, 0.1) is 11.8 Å². The summed E-state index contributed by atoms with van der Waals surface area (Å²) in [7, 11) is 0. The molecule has 1 saturated carbocycles. The van der Waals surface area contributed by atoms with Crippen molar-refractivity contribution >= 4 is 23.4 Å². The molecule has 5 atom stereocenters. The van der Waals surface area contributed by atoms with E-state index < -0.39 is 29.6 Å². The third-order valence-corrected chi connectivity index (χ3v) is 7.99. The Morgan fingerprint density at radius 3 is 2.61 bits per heavy atom. The number of anilines is 1. The van der Waals surface area contributed by atoms with Gasteiger partial charge in [-0.15, -0.1) is 0 Å². The lowest BCUT2D eigenvalue weighted by Gasteiger charge is -2.34. The van der Waals surface area contributed by atoms with Gasteiger partial charge in [-0.3, -0.25) is 19.4 Å². The summed E-state index contributed by atoms with van der Waals surface area (Å²) in [6.45, 7) is 0.225. The number of nitrogens with one attached hydrogen (secondary N) is 2. The summed E-state index contributed by atoms with van der Waals surface area (Å²) in [5.41, 5.74) is 0.315. The van der Waals surface area contributed by atoms with Crippen molar-refractivity contribution in [2.45, 2.75) is 62.4 Å². The highest BCUT2D eigenvalue weighted by Gasteiger charge is 2.72. The maximum atomic E-state index is 14.0. The second-order valence-electron chi connectivity index (χ2n) is 10.2. The summed E-state index contributed by atoms with van der Waals surface area (Å²) < 4.78 is 6.41. The smallest absolute Gasteiger partial charge is 0.246 e. The number of benzene rings is 1. The number of likely N-dealkylation sites (tertiary alicyclic amines) is 1. The molecule has 6 rings (SSSR count). The highest BCUT2D eigenvalue weighted by molar-refractivity contribution is 6.02. The predicted octanol–water partition coefficient (Wildman–Crippen LogP) is 2.82. The van der Waals surface area contributed by atoms with Gasteiger partial charge in [-0.25, -0.2) is 0 Å². The highest BCUT2D eigenvalue weighted by Crippen LogP contribution is 2.55. The molecule has 36 heavy (non-hydrogen) atoms. The van der Waals surface area contributed by atoms with Crippen molar-refractivity contribution in [3.8, 4) is 0 Å². The molecule has 1 aliphatic carbocycles. The van der Waals surface area contributed by atoms with Gasteiger partial charge in [0.25, 0.3) is 0 Å². The third kappa shape index (κ3) is 3.80. The van der Waals surface area contributed by atoms with Crippen molar-refractivity contribution in [2.75, 3.05) is 5.32 Å². The van der Waals surface area contributed by atoms with Gasteiger partial charge >= 0.3 is 0 Å². The van der Waals surface area contributed by atoms with Crippen molar-refractivity contribution < 1.29 is 19.1 Å². The van der Waals surface area contributed by atoms with Crippen molar-refractivity contribution in [1.82, 2.24) is 15.2 Å². The fourth-order valence-corrected chi connectivity index (χ4v) is 6.40. The molecule has 4 heterocycles. The molecule has 0 unspecified atom stereocenters. The summed E-state index contributed by atoms with van der Waals surface area (Å²) in [4.78, 5) is 47.0. The minimum Gasteiger partial charge on any atom is -0.359 e. The molecule has 2 N–H and O–H groups in total. The number of hydrogen-bond donors (Lipinski definition) is 2. The van der Waals surface area contributed by atoms with E-state index in [9.17, 15) is 14.4 Å². The quantitative estimate of drug-likeness (QED) is 0.612. The Bertz CT molecular complexity index is 1180. The molecule has 0 radical (unpaired) electrons. The lowest BCUT2D eigenvalue weighted by molar-refractivity contribution is -0.142. The molecule has 4 aliphatic rings. The van der Waals surface area contributed by atoms with E-state index in [1.165, 1.54) is 6.42 Å². The van der Waals surface area contributed by atoms with Gasteiger partial charge in [-0.05, 0) is 36.6 Å². The van der Waals surface area contributed by atoms with Crippen LogP contribution in [0.25, 0.3) is 0 Å². The van der Waals surface area contributed by atoms with Crippen LogP contribution in [0.4, 0.5) is 5.69 Å². The molecule has 186 valence electrons. The molecule has 1 aromatic heterocycles. The summed E-state index contributed by atoms with van der Waals surface area (Å²) >= 11 is 0. The number of carbonyl (C=O) groups is 3. The summed E-state index contributed by atoms with van der Waals surface area (Å²) in [6.07, 6.45) is 11.7. The Morgan fingerprint density at radius 1 is 1.06 bits per heavy atom. The number of amides is 3. The first-order chi connectivity index (χ1) is 17.6. The zero-order chi connectivity index (χ0) is 24.7. The largest absolute Gasteiger partial charge is 0.359 e. The van der Waals surface area contributed by atoms with Crippen LogP contribution in [0.5, 0.6) is 0 Å². The number of hydrogen-bond acceptors (Lipinski definition) is 5. The third-order valence-electron chi connectivity index (χ3n) is 7.99. The van der Waals surface area contributed by atoms with Crippen molar-refractivity contribution in [1.29, 1.82) is 0 Å². The van der Waals surface area contributed by atoms with E-state index >= 15 is 0 Å². The van der Waals surface area contributed by atoms with Crippen LogP contribution < -0.4 is 10.6 Å².